The summed E-state index contributed by atoms with van der Waals surface area (Å²) in [7, 11) is 2.08. The number of amides is 2. The smallest absolute Gasteiger partial charge is 0.324 e. The molecule has 1 aromatic heterocycles. The first-order valence-electron chi connectivity index (χ1n) is 10.0. The van der Waals surface area contributed by atoms with Gasteiger partial charge < -0.3 is 19.6 Å². The van der Waals surface area contributed by atoms with Crippen LogP contribution in [0.5, 0.6) is 0 Å². The number of aromatic amines is 1. The summed E-state index contributed by atoms with van der Waals surface area (Å²) in [5, 5.41) is 17.9. The van der Waals surface area contributed by atoms with Crippen molar-refractivity contribution in [2.24, 2.45) is 0 Å². The Kier molecular flexibility index (Phi) is 6.12. The maximum atomic E-state index is 13.4. The number of aliphatic hydroxyl groups is 1. The van der Waals surface area contributed by atoms with Crippen molar-refractivity contribution in [2.75, 3.05) is 39.8 Å². The fourth-order valence-electron chi connectivity index (χ4n) is 3.87. The largest absolute Gasteiger partial charge is 0.364 e. The summed E-state index contributed by atoms with van der Waals surface area (Å²) in [5.74, 6) is 0. The lowest BCUT2D eigenvalue weighted by atomic mass is 9.84. The van der Waals surface area contributed by atoms with E-state index in [1.165, 1.54) is 0 Å². The average molecular weight is 392 g/mol. The summed E-state index contributed by atoms with van der Waals surface area (Å²) in [6.07, 6.45) is 3.18. The molecule has 3 heterocycles. The molecule has 0 aliphatic carbocycles. The van der Waals surface area contributed by atoms with Crippen LogP contribution in [-0.2, 0) is 10.2 Å². The number of likely N-dealkylation sites (N-methyl/N-ethyl adjacent to an activating group) is 1. The molecule has 2 amide bonds. The van der Waals surface area contributed by atoms with E-state index in [1.807, 2.05) is 18.7 Å². The molecule has 2 aliphatic heterocycles. The summed E-state index contributed by atoms with van der Waals surface area (Å²) < 4.78 is 5.63. The Morgan fingerprint density at radius 1 is 1.29 bits per heavy atom. The normalized spacial score (nSPS) is 21.8. The van der Waals surface area contributed by atoms with Crippen molar-refractivity contribution in [3.63, 3.8) is 0 Å². The molecule has 0 spiro atoms. The van der Waals surface area contributed by atoms with Crippen molar-refractivity contribution in [1.82, 2.24) is 24.9 Å². The number of aliphatic hydroxyl groups excluding tert-OH is 1. The monoisotopic (exact) mass is 391 g/mol. The van der Waals surface area contributed by atoms with Crippen LogP contribution < -0.4 is 0 Å². The zero-order chi connectivity index (χ0) is 20.5. The highest BCUT2D eigenvalue weighted by atomic mass is 16.6. The number of nitrogens with one attached hydrogen (secondary N) is 1. The minimum Gasteiger partial charge on any atom is -0.364 e. The topological polar surface area (TPSA) is 84.9 Å². The number of carbonyl (C=O) groups excluding carboxylic acids is 1. The van der Waals surface area contributed by atoms with Crippen molar-refractivity contribution >= 4 is 11.6 Å². The lowest BCUT2D eigenvalue weighted by molar-refractivity contribution is -0.0860. The van der Waals surface area contributed by atoms with Crippen LogP contribution in [0.25, 0.3) is 5.57 Å². The Morgan fingerprint density at radius 3 is 2.75 bits per heavy atom. The van der Waals surface area contributed by atoms with Gasteiger partial charge in [-0.15, -0.1) is 0 Å². The van der Waals surface area contributed by atoms with E-state index in [9.17, 15) is 9.90 Å². The van der Waals surface area contributed by atoms with Gasteiger partial charge in [0.25, 0.3) is 0 Å². The molecule has 8 heteroatoms. The number of aromatic nitrogens is 2. The number of urea groups is 1. The number of fused-ring (bicyclic) bond motifs is 1. The highest BCUT2D eigenvalue weighted by Crippen LogP contribution is 2.35. The second-order valence-electron chi connectivity index (χ2n) is 8.72. The second-order valence-corrected chi connectivity index (χ2v) is 8.72. The summed E-state index contributed by atoms with van der Waals surface area (Å²) in [6, 6.07) is -0.0317. The molecule has 2 aliphatic rings. The molecule has 0 radical (unpaired) electrons. The van der Waals surface area contributed by atoms with Gasteiger partial charge in [0.15, 0.2) is 6.29 Å². The number of hydrogen-bond acceptors (Lipinski definition) is 5. The van der Waals surface area contributed by atoms with Gasteiger partial charge in [-0.05, 0) is 33.9 Å². The zero-order valence-electron chi connectivity index (χ0n) is 17.6. The van der Waals surface area contributed by atoms with E-state index in [0.717, 1.165) is 37.3 Å². The summed E-state index contributed by atoms with van der Waals surface area (Å²) in [5.41, 5.74) is 1.91. The number of hydrogen-bond donors (Lipinski definition) is 2. The molecular weight excluding hydrogens is 358 g/mol. The second kappa shape index (κ2) is 8.23. The molecule has 2 N–H and O–H groups in total. The lowest BCUT2D eigenvalue weighted by Crippen LogP contribution is -2.46. The Bertz CT molecular complexity index is 727. The van der Waals surface area contributed by atoms with Gasteiger partial charge in [0.1, 0.15) is 0 Å². The third-order valence-corrected chi connectivity index (χ3v) is 5.42. The predicted molar refractivity (Wildman–Crippen MR) is 108 cm³/mol. The number of carbonyl (C=O) groups is 1. The minimum absolute atomic E-state index is 0.0317. The lowest BCUT2D eigenvalue weighted by Gasteiger charge is -2.32. The third kappa shape index (κ3) is 4.39. The van der Waals surface area contributed by atoms with E-state index in [-0.39, 0.29) is 17.6 Å². The molecule has 8 nitrogen and oxygen atoms in total. The van der Waals surface area contributed by atoms with Gasteiger partial charge in [-0.2, -0.15) is 5.10 Å². The fraction of sp³-hybridized carbons (Fsp3) is 0.700. The molecule has 1 unspecified atom stereocenters. The average Bonchev–Trinajstić information content (AvgIpc) is 2.95. The maximum absolute atomic E-state index is 13.4. The number of H-pyrrole nitrogens is 1. The first-order valence-corrected chi connectivity index (χ1v) is 10.0. The van der Waals surface area contributed by atoms with Crippen molar-refractivity contribution in [2.45, 2.75) is 51.9 Å². The maximum Gasteiger partial charge on any atom is 0.324 e. The standard InChI is InChI=1S/C20H33N5O3/c1-14(2)28-18(26)15-12-25(13-20(3,4)16-11-21-22-17(15)16)19(27)24-8-6-7-23(5)9-10-24/h11-12,14,18,26H,6-10,13H2,1-5H3,(H,21,22). The fourth-order valence-corrected chi connectivity index (χ4v) is 3.87. The van der Waals surface area contributed by atoms with E-state index >= 15 is 0 Å². The molecule has 0 aromatic carbocycles. The van der Waals surface area contributed by atoms with Crippen molar-refractivity contribution in [3.8, 4) is 0 Å². The molecule has 1 saturated heterocycles. The van der Waals surface area contributed by atoms with Gasteiger partial charge in [0.2, 0.25) is 0 Å². The molecule has 156 valence electrons. The van der Waals surface area contributed by atoms with E-state index in [1.54, 1.807) is 17.3 Å². The van der Waals surface area contributed by atoms with Crippen molar-refractivity contribution in [3.05, 3.63) is 23.7 Å². The predicted octanol–water partition coefficient (Wildman–Crippen LogP) is 1.84. The van der Waals surface area contributed by atoms with Crippen LogP contribution in [0.3, 0.4) is 0 Å². The summed E-state index contributed by atoms with van der Waals surface area (Å²) in [4.78, 5) is 19.2. The molecule has 0 bridgehead atoms. The van der Waals surface area contributed by atoms with Crippen LogP contribution in [0.1, 0.15) is 45.4 Å². The molecule has 1 fully saturated rings. The van der Waals surface area contributed by atoms with Gasteiger partial charge in [-0.25, -0.2) is 4.79 Å². The molecule has 1 aromatic rings. The SMILES string of the molecule is CC(C)OC(O)C1=CN(C(=O)N2CCCN(C)CC2)CC(C)(C)c2cn[nH]c21. The first-order chi connectivity index (χ1) is 13.2. The molecular formula is C20H33N5O3. The van der Waals surface area contributed by atoms with Gasteiger partial charge in [-0.3, -0.25) is 10.00 Å². The van der Waals surface area contributed by atoms with Crippen LogP contribution in [0.4, 0.5) is 4.79 Å². The Morgan fingerprint density at radius 2 is 2.04 bits per heavy atom. The van der Waals surface area contributed by atoms with Crippen LogP contribution in [0.15, 0.2) is 12.4 Å². The summed E-state index contributed by atoms with van der Waals surface area (Å²) >= 11 is 0. The summed E-state index contributed by atoms with van der Waals surface area (Å²) in [6.45, 7) is 11.7. The van der Waals surface area contributed by atoms with Gasteiger partial charge in [0.05, 0.1) is 18.0 Å². The van der Waals surface area contributed by atoms with E-state index in [4.69, 9.17) is 4.74 Å². The van der Waals surface area contributed by atoms with E-state index in [2.05, 4.69) is 36.0 Å². The van der Waals surface area contributed by atoms with Gasteiger partial charge >= 0.3 is 6.03 Å². The van der Waals surface area contributed by atoms with Crippen LogP contribution >= 0.6 is 0 Å². The van der Waals surface area contributed by atoms with Crippen LogP contribution in [0, 0.1) is 0 Å². The van der Waals surface area contributed by atoms with Crippen LogP contribution in [0.2, 0.25) is 0 Å². The number of nitrogens with zero attached hydrogens (tertiary/aromatic N) is 4. The van der Waals surface area contributed by atoms with Gasteiger partial charge in [0, 0.05) is 48.9 Å². The van der Waals surface area contributed by atoms with Gasteiger partial charge in [-0.1, -0.05) is 13.8 Å². The quantitative estimate of drug-likeness (QED) is 0.768. The molecule has 1 atom stereocenters. The third-order valence-electron chi connectivity index (χ3n) is 5.42. The van der Waals surface area contributed by atoms with E-state index < -0.39 is 6.29 Å². The highest BCUT2D eigenvalue weighted by Gasteiger charge is 2.37. The van der Waals surface area contributed by atoms with Crippen LogP contribution in [-0.4, -0.2) is 88.2 Å². The zero-order valence-corrected chi connectivity index (χ0v) is 17.6. The molecule has 3 rings (SSSR count). The Hall–Kier alpha value is -1.90. The Labute approximate surface area is 167 Å². The van der Waals surface area contributed by atoms with Crippen molar-refractivity contribution in [1.29, 1.82) is 0 Å². The first kappa shape index (κ1) is 20.8. The van der Waals surface area contributed by atoms with E-state index in [0.29, 0.717) is 18.7 Å². The number of ether oxygens (including phenoxy) is 1. The highest BCUT2D eigenvalue weighted by molar-refractivity contribution is 5.80. The molecule has 0 saturated carbocycles. The number of rotatable bonds is 3. The molecule has 28 heavy (non-hydrogen) atoms. The Balaban J connectivity index is 1.94. The van der Waals surface area contributed by atoms with Crippen molar-refractivity contribution < 1.29 is 14.6 Å². The minimum atomic E-state index is -1.14.